The molecular weight excluding hydrogens is 187 g/mol. The Labute approximate surface area is 83.3 Å². The largest absolute Gasteiger partial charge is 0.496 e. The topological polar surface area (TPSA) is 9.23 Å². The van der Waals surface area contributed by atoms with E-state index in [0.29, 0.717) is 5.75 Å². The quantitative estimate of drug-likeness (QED) is 0.735. The molecule has 0 saturated carbocycles. The summed E-state index contributed by atoms with van der Waals surface area (Å²) < 4.78 is 17.8. The number of halogens is 1. The molecular formula is C10H13FOS. The summed E-state index contributed by atoms with van der Waals surface area (Å²) in [5, 5.41) is 0. The van der Waals surface area contributed by atoms with Crippen LogP contribution in [0, 0.1) is 5.82 Å². The van der Waals surface area contributed by atoms with Gasteiger partial charge < -0.3 is 4.74 Å². The van der Waals surface area contributed by atoms with E-state index in [4.69, 9.17) is 4.74 Å². The molecule has 0 N–H and O–H groups in total. The standard InChI is InChI=1S/C10H13FOS/c1-12-10-7-9(11)5-4-8(10)3-2-6-13/h4-5,7,13H,2-3,6H2,1H3. The van der Waals surface area contributed by atoms with Crippen molar-refractivity contribution < 1.29 is 9.13 Å². The highest BCUT2D eigenvalue weighted by atomic mass is 32.1. The maximum absolute atomic E-state index is 12.8. The van der Waals surface area contributed by atoms with Crippen LogP contribution >= 0.6 is 12.6 Å². The fraction of sp³-hybridized carbons (Fsp3) is 0.400. The highest BCUT2D eigenvalue weighted by molar-refractivity contribution is 7.80. The van der Waals surface area contributed by atoms with Crippen LogP contribution in [0.15, 0.2) is 18.2 Å². The van der Waals surface area contributed by atoms with Crippen LogP contribution in [0.25, 0.3) is 0 Å². The molecule has 0 heterocycles. The van der Waals surface area contributed by atoms with Crippen molar-refractivity contribution in [3.63, 3.8) is 0 Å². The second-order valence-electron chi connectivity index (χ2n) is 2.78. The second-order valence-corrected chi connectivity index (χ2v) is 3.23. The van der Waals surface area contributed by atoms with Gasteiger partial charge in [-0.25, -0.2) is 4.39 Å². The van der Waals surface area contributed by atoms with E-state index < -0.39 is 0 Å². The van der Waals surface area contributed by atoms with Gasteiger partial charge in [-0.1, -0.05) is 6.07 Å². The average molecular weight is 200 g/mol. The monoisotopic (exact) mass is 200 g/mol. The Balaban J connectivity index is 2.79. The van der Waals surface area contributed by atoms with E-state index in [1.807, 2.05) is 0 Å². The molecule has 1 aromatic carbocycles. The van der Waals surface area contributed by atoms with Gasteiger partial charge in [-0.2, -0.15) is 12.6 Å². The van der Waals surface area contributed by atoms with E-state index in [0.717, 1.165) is 24.2 Å². The lowest BCUT2D eigenvalue weighted by Gasteiger charge is -2.07. The van der Waals surface area contributed by atoms with Gasteiger partial charge >= 0.3 is 0 Å². The molecule has 72 valence electrons. The normalized spacial score (nSPS) is 10.1. The van der Waals surface area contributed by atoms with Crippen LogP contribution in [0.1, 0.15) is 12.0 Å². The number of ether oxygens (including phenoxy) is 1. The maximum Gasteiger partial charge on any atom is 0.126 e. The fourth-order valence-electron chi connectivity index (χ4n) is 1.19. The number of rotatable bonds is 4. The van der Waals surface area contributed by atoms with Gasteiger partial charge in [0, 0.05) is 6.07 Å². The molecule has 1 aromatic rings. The van der Waals surface area contributed by atoms with Gasteiger partial charge in [0.05, 0.1) is 7.11 Å². The Kier molecular flexibility index (Phi) is 4.09. The minimum Gasteiger partial charge on any atom is -0.496 e. The zero-order valence-electron chi connectivity index (χ0n) is 7.59. The summed E-state index contributed by atoms with van der Waals surface area (Å²) in [5.41, 5.74) is 1.04. The molecule has 0 atom stereocenters. The molecule has 1 nitrogen and oxygen atoms in total. The van der Waals surface area contributed by atoms with Crippen LogP contribution in [0.4, 0.5) is 4.39 Å². The summed E-state index contributed by atoms with van der Waals surface area (Å²) >= 11 is 4.12. The van der Waals surface area contributed by atoms with Crippen LogP contribution in [-0.4, -0.2) is 12.9 Å². The van der Waals surface area contributed by atoms with Crippen LogP contribution in [0.5, 0.6) is 5.75 Å². The summed E-state index contributed by atoms with van der Waals surface area (Å²) in [5.74, 6) is 1.20. The Hall–Kier alpha value is -0.700. The number of hydrogen-bond acceptors (Lipinski definition) is 2. The molecule has 0 unspecified atom stereocenters. The molecule has 13 heavy (non-hydrogen) atoms. The van der Waals surface area contributed by atoms with Gasteiger partial charge in [-0.3, -0.25) is 0 Å². The van der Waals surface area contributed by atoms with Gasteiger partial charge in [0.2, 0.25) is 0 Å². The lowest BCUT2D eigenvalue weighted by molar-refractivity contribution is 0.406. The first-order valence-electron chi connectivity index (χ1n) is 4.21. The fourth-order valence-corrected chi connectivity index (χ4v) is 1.35. The van der Waals surface area contributed by atoms with Gasteiger partial charge in [0.1, 0.15) is 11.6 Å². The zero-order chi connectivity index (χ0) is 9.68. The minimum absolute atomic E-state index is 0.258. The maximum atomic E-state index is 12.8. The Bertz CT molecular complexity index is 276. The molecule has 0 aliphatic heterocycles. The minimum atomic E-state index is -0.258. The summed E-state index contributed by atoms with van der Waals surface area (Å²) in [4.78, 5) is 0. The number of hydrogen-bond donors (Lipinski definition) is 1. The SMILES string of the molecule is COc1cc(F)ccc1CCCS. The lowest BCUT2D eigenvalue weighted by Crippen LogP contribution is -1.93. The Morgan fingerprint density at radius 1 is 1.46 bits per heavy atom. The van der Waals surface area contributed by atoms with E-state index in [-0.39, 0.29) is 5.82 Å². The van der Waals surface area contributed by atoms with Crippen molar-refractivity contribution in [3.05, 3.63) is 29.6 Å². The first-order valence-corrected chi connectivity index (χ1v) is 4.84. The van der Waals surface area contributed by atoms with Crippen LogP contribution in [-0.2, 0) is 6.42 Å². The third-order valence-corrected chi connectivity index (χ3v) is 2.17. The molecule has 1 rings (SSSR count). The third kappa shape index (κ3) is 2.92. The van der Waals surface area contributed by atoms with Crippen molar-refractivity contribution in [2.75, 3.05) is 12.9 Å². The second kappa shape index (κ2) is 5.12. The van der Waals surface area contributed by atoms with Gasteiger partial charge in [-0.15, -0.1) is 0 Å². The van der Waals surface area contributed by atoms with Crippen molar-refractivity contribution in [1.29, 1.82) is 0 Å². The number of aryl methyl sites for hydroxylation is 1. The highest BCUT2D eigenvalue weighted by Crippen LogP contribution is 2.20. The summed E-state index contributed by atoms with van der Waals surface area (Å²) in [6.07, 6.45) is 1.86. The van der Waals surface area contributed by atoms with Crippen LogP contribution in [0.2, 0.25) is 0 Å². The van der Waals surface area contributed by atoms with Crippen molar-refractivity contribution >= 4 is 12.6 Å². The third-order valence-electron chi connectivity index (χ3n) is 1.85. The van der Waals surface area contributed by atoms with Gasteiger partial charge in [0.25, 0.3) is 0 Å². The molecule has 0 aliphatic carbocycles. The van der Waals surface area contributed by atoms with E-state index in [9.17, 15) is 4.39 Å². The summed E-state index contributed by atoms with van der Waals surface area (Å²) in [7, 11) is 1.55. The molecule has 0 fully saturated rings. The molecule has 3 heteroatoms. The van der Waals surface area contributed by atoms with E-state index in [1.165, 1.54) is 12.1 Å². The summed E-state index contributed by atoms with van der Waals surface area (Å²) in [6.45, 7) is 0. The first-order chi connectivity index (χ1) is 6.27. The smallest absolute Gasteiger partial charge is 0.126 e. The number of thiol groups is 1. The van der Waals surface area contributed by atoms with Gasteiger partial charge in [0.15, 0.2) is 0 Å². The van der Waals surface area contributed by atoms with Gasteiger partial charge in [-0.05, 0) is 30.2 Å². The van der Waals surface area contributed by atoms with Crippen molar-refractivity contribution in [2.24, 2.45) is 0 Å². The summed E-state index contributed by atoms with van der Waals surface area (Å²) in [6, 6.07) is 4.63. The van der Waals surface area contributed by atoms with E-state index in [1.54, 1.807) is 13.2 Å². The molecule has 0 aliphatic rings. The number of methoxy groups -OCH3 is 1. The average Bonchev–Trinajstić information content (AvgIpc) is 2.16. The van der Waals surface area contributed by atoms with E-state index in [2.05, 4.69) is 12.6 Å². The molecule has 0 saturated heterocycles. The van der Waals surface area contributed by atoms with Crippen molar-refractivity contribution in [1.82, 2.24) is 0 Å². The number of benzene rings is 1. The first kappa shape index (κ1) is 10.4. The highest BCUT2D eigenvalue weighted by Gasteiger charge is 2.03. The zero-order valence-corrected chi connectivity index (χ0v) is 8.48. The van der Waals surface area contributed by atoms with Crippen LogP contribution < -0.4 is 4.74 Å². The van der Waals surface area contributed by atoms with E-state index >= 15 is 0 Å². The molecule has 0 bridgehead atoms. The molecule has 0 radical (unpaired) electrons. The lowest BCUT2D eigenvalue weighted by atomic mass is 10.1. The molecule has 0 amide bonds. The molecule has 0 aromatic heterocycles. The van der Waals surface area contributed by atoms with Crippen LogP contribution in [0.3, 0.4) is 0 Å². The Morgan fingerprint density at radius 3 is 2.85 bits per heavy atom. The Morgan fingerprint density at radius 2 is 2.23 bits per heavy atom. The molecule has 0 spiro atoms. The van der Waals surface area contributed by atoms with Crippen molar-refractivity contribution in [3.8, 4) is 5.75 Å². The van der Waals surface area contributed by atoms with Crippen molar-refractivity contribution in [2.45, 2.75) is 12.8 Å². The predicted molar refractivity (Wildman–Crippen MR) is 55.1 cm³/mol. The predicted octanol–water partition coefficient (Wildman–Crippen LogP) is 2.70.